The first-order chi connectivity index (χ1) is 9.83. The number of rotatable bonds is 9. The second kappa shape index (κ2) is 8.28. The van der Waals surface area contributed by atoms with Crippen molar-refractivity contribution < 1.29 is 4.74 Å². The van der Waals surface area contributed by atoms with Gasteiger partial charge in [0.25, 0.3) is 0 Å². The van der Waals surface area contributed by atoms with Crippen LogP contribution >= 0.6 is 0 Å². The van der Waals surface area contributed by atoms with E-state index in [2.05, 4.69) is 42.3 Å². The highest BCUT2D eigenvalue weighted by Crippen LogP contribution is 2.25. The van der Waals surface area contributed by atoms with Crippen LogP contribution in [-0.4, -0.2) is 44.2 Å². The van der Waals surface area contributed by atoms with Crippen molar-refractivity contribution in [2.75, 3.05) is 39.3 Å². The van der Waals surface area contributed by atoms with Gasteiger partial charge in [-0.05, 0) is 55.6 Å². The molecule has 112 valence electrons. The second-order valence-electron chi connectivity index (χ2n) is 5.41. The first-order valence-electron chi connectivity index (χ1n) is 8.01. The molecule has 3 heteroatoms. The van der Waals surface area contributed by atoms with Gasteiger partial charge in [-0.25, -0.2) is 0 Å². The lowest BCUT2D eigenvalue weighted by Gasteiger charge is -2.18. The van der Waals surface area contributed by atoms with E-state index in [9.17, 15) is 0 Å². The number of hydrogen-bond acceptors (Lipinski definition) is 3. The zero-order chi connectivity index (χ0) is 14.2. The van der Waals surface area contributed by atoms with Gasteiger partial charge in [-0.15, -0.1) is 0 Å². The number of nitrogens with one attached hydrogen (secondary N) is 1. The van der Waals surface area contributed by atoms with Crippen LogP contribution in [0.2, 0.25) is 0 Å². The van der Waals surface area contributed by atoms with Gasteiger partial charge in [0.1, 0.15) is 12.4 Å². The Labute approximate surface area is 123 Å². The molecule has 0 saturated heterocycles. The fraction of sp³-hybridized carbons (Fsp3) is 0.647. The normalized spacial score (nSPS) is 13.8. The van der Waals surface area contributed by atoms with Gasteiger partial charge in [0.05, 0.1) is 0 Å². The van der Waals surface area contributed by atoms with Crippen LogP contribution in [0.15, 0.2) is 18.2 Å². The first kappa shape index (κ1) is 15.3. The van der Waals surface area contributed by atoms with Crippen molar-refractivity contribution in [3.63, 3.8) is 0 Å². The summed E-state index contributed by atoms with van der Waals surface area (Å²) in [6.07, 6.45) is 3.75. The van der Waals surface area contributed by atoms with E-state index in [1.54, 1.807) is 0 Å². The molecule has 0 saturated carbocycles. The molecule has 0 unspecified atom stereocenters. The highest BCUT2D eigenvalue weighted by Gasteiger charge is 2.10. The van der Waals surface area contributed by atoms with E-state index in [-0.39, 0.29) is 0 Å². The Kier molecular flexibility index (Phi) is 6.34. The Bertz CT molecular complexity index is 402. The largest absolute Gasteiger partial charge is 0.492 e. The van der Waals surface area contributed by atoms with E-state index in [1.165, 1.54) is 30.4 Å². The fourth-order valence-corrected chi connectivity index (χ4v) is 2.78. The molecule has 1 N–H and O–H groups in total. The van der Waals surface area contributed by atoms with E-state index >= 15 is 0 Å². The number of fused-ring (bicyclic) bond motifs is 1. The molecule has 1 aromatic rings. The molecule has 0 radical (unpaired) electrons. The Morgan fingerprint density at radius 3 is 2.70 bits per heavy atom. The highest BCUT2D eigenvalue weighted by molar-refractivity contribution is 5.38. The molecule has 0 bridgehead atoms. The predicted octanol–water partition coefficient (Wildman–Crippen LogP) is 2.49. The maximum atomic E-state index is 5.81. The van der Waals surface area contributed by atoms with Crippen LogP contribution in [0.25, 0.3) is 0 Å². The van der Waals surface area contributed by atoms with E-state index in [1.807, 2.05) is 0 Å². The van der Waals surface area contributed by atoms with E-state index in [4.69, 9.17) is 4.74 Å². The summed E-state index contributed by atoms with van der Waals surface area (Å²) in [6, 6.07) is 6.56. The monoisotopic (exact) mass is 276 g/mol. The molecule has 0 spiro atoms. The molecular formula is C17H28N2O. The molecule has 0 fully saturated rings. The number of aryl methyl sites for hydroxylation is 2. The Balaban J connectivity index is 1.59. The zero-order valence-electron chi connectivity index (χ0n) is 13.0. The molecule has 0 amide bonds. The predicted molar refractivity (Wildman–Crippen MR) is 84.6 cm³/mol. The average Bonchev–Trinajstić information content (AvgIpc) is 2.94. The molecule has 3 nitrogen and oxygen atoms in total. The van der Waals surface area contributed by atoms with E-state index in [0.717, 1.165) is 45.1 Å². The van der Waals surface area contributed by atoms with Gasteiger partial charge >= 0.3 is 0 Å². The fourth-order valence-electron chi connectivity index (χ4n) is 2.78. The third-order valence-corrected chi connectivity index (χ3v) is 4.12. The molecule has 0 aromatic heterocycles. The second-order valence-corrected chi connectivity index (χ2v) is 5.41. The van der Waals surface area contributed by atoms with Crippen LogP contribution in [0.5, 0.6) is 5.75 Å². The van der Waals surface area contributed by atoms with Crippen molar-refractivity contribution in [3.8, 4) is 5.75 Å². The number of nitrogens with zero attached hydrogens (tertiary/aromatic N) is 1. The Morgan fingerprint density at radius 1 is 1.10 bits per heavy atom. The van der Waals surface area contributed by atoms with Gasteiger partial charge in [-0.3, -0.25) is 0 Å². The van der Waals surface area contributed by atoms with Gasteiger partial charge in [0.2, 0.25) is 0 Å². The van der Waals surface area contributed by atoms with Crippen LogP contribution in [0.1, 0.15) is 31.4 Å². The summed E-state index contributed by atoms with van der Waals surface area (Å²) in [5.41, 5.74) is 2.99. The molecule has 0 atom stereocenters. The zero-order valence-corrected chi connectivity index (χ0v) is 13.0. The van der Waals surface area contributed by atoms with Gasteiger partial charge in [-0.1, -0.05) is 19.9 Å². The Hall–Kier alpha value is -1.06. The van der Waals surface area contributed by atoms with Gasteiger partial charge in [-0.2, -0.15) is 0 Å². The van der Waals surface area contributed by atoms with Crippen LogP contribution < -0.4 is 10.1 Å². The summed E-state index contributed by atoms with van der Waals surface area (Å²) in [4.78, 5) is 2.42. The molecule has 1 aromatic carbocycles. The topological polar surface area (TPSA) is 24.5 Å². The lowest BCUT2D eigenvalue weighted by Crippen LogP contribution is -2.33. The Morgan fingerprint density at radius 2 is 1.90 bits per heavy atom. The van der Waals surface area contributed by atoms with Crippen molar-refractivity contribution in [3.05, 3.63) is 29.3 Å². The number of likely N-dealkylation sites (N-methyl/N-ethyl adjacent to an activating group) is 1. The van der Waals surface area contributed by atoms with Crippen molar-refractivity contribution in [1.82, 2.24) is 10.2 Å². The van der Waals surface area contributed by atoms with Crippen molar-refractivity contribution in [2.45, 2.75) is 33.1 Å². The highest BCUT2D eigenvalue weighted by atomic mass is 16.5. The molecule has 20 heavy (non-hydrogen) atoms. The molecule has 0 aliphatic heterocycles. The minimum atomic E-state index is 0.747. The molecule has 1 aliphatic rings. The third-order valence-electron chi connectivity index (χ3n) is 4.12. The van der Waals surface area contributed by atoms with E-state index < -0.39 is 0 Å². The lowest BCUT2D eigenvalue weighted by atomic mass is 10.1. The maximum absolute atomic E-state index is 5.81. The third kappa shape index (κ3) is 4.50. The standard InChI is InChI=1S/C17H28N2O/c1-3-19(4-2)12-10-18-11-13-20-17-9-8-15-6-5-7-16(15)14-17/h8-9,14,18H,3-7,10-13H2,1-2H3. The first-order valence-corrected chi connectivity index (χ1v) is 8.01. The SMILES string of the molecule is CCN(CC)CCNCCOc1ccc2c(c1)CCC2. The summed E-state index contributed by atoms with van der Waals surface area (Å²) in [6.45, 7) is 10.5. The van der Waals surface area contributed by atoms with E-state index in [0.29, 0.717) is 0 Å². The van der Waals surface area contributed by atoms with Crippen LogP contribution in [-0.2, 0) is 12.8 Å². The minimum Gasteiger partial charge on any atom is -0.492 e. The van der Waals surface area contributed by atoms with Gasteiger partial charge in [0, 0.05) is 19.6 Å². The van der Waals surface area contributed by atoms with Crippen molar-refractivity contribution in [1.29, 1.82) is 0 Å². The van der Waals surface area contributed by atoms with Crippen molar-refractivity contribution >= 4 is 0 Å². The number of ether oxygens (including phenoxy) is 1. The van der Waals surface area contributed by atoms with Crippen LogP contribution in [0.4, 0.5) is 0 Å². The lowest BCUT2D eigenvalue weighted by molar-refractivity contribution is 0.285. The summed E-state index contributed by atoms with van der Waals surface area (Å²) in [5, 5.41) is 3.44. The van der Waals surface area contributed by atoms with Crippen LogP contribution in [0, 0.1) is 0 Å². The summed E-state index contributed by atoms with van der Waals surface area (Å²) < 4.78 is 5.81. The molecular weight excluding hydrogens is 248 g/mol. The summed E-state index contributed by atoms with van der Waals surface area (Å²) in [5.74, 6) is 1.02. The summed E-state index contributed by atoms with van der Waals surface area (Å²) in [7, 11) is 0. The summed E-state index contributed by atoms with van der Waals surface area (Å²) >= 11 is 0. The number of benzene rings is 1. The van der Waals surface area contributed by atoms with Crippen LogP contribution in [0.3, 0.4) is 0 Å². The van der Waals surface area contributed by atoms with Crippen molar-refractivity contribution in [2.24, 2.45) is 0 Å². The molecule has 2 rings (SSSR count). The number of hydrogen-bond donors (Lipinski definition) is 1. The minimum absolute atomic E-state index is 0.747. The average molecular weight is 276 g/mol. The molecule has 1 aliphatic carbocycles. The molecule has 0 heterocycles. The maximum Gasteiger partial charge on any atom is 0.119 e. The quantitative estimate of drug-likeness (QED) is 0.701. The van der Waals surface area contributed by atoms with Gasteiger partial charge < -0.3 is 15.0 Å². The van der Waals surface area contributed by atoms with Gasteiger partial charge in [0.15, 0.2) is 0 Å². The smallest absolute Gasteiger partial charge is 0.119 e.